The molecule has 0 spiro atoms. The van der Waals surface area contributed by atoms with Gasteiger partial charge in [-0.2, -0.15) is 0 Å². The fourth-order valence-electron chi connectivity index (χ4n) is 4.08. The zero-order chi connectivity index (χ0) is 27.3. The van der Waals surface area contributed by atoms with Gasteiger partial charge in [0.05, 0.1) is 18.8 Å². The molecule has 2 rings (SSSR count). The molecule has 0 aromatic rings. The summed E-state index contributed by atoms with van der Waals surface area (Å²) in [4.78, 5) is 0. The molecule has 2 heterocycles. The van der Waals surface area contributed by atoms with Crippen molar-refractivity contribution in [3.8, 4) is 0 Å². The zero-order valence-corrected chi connectivity index (χ0v) is 27.0. The third-order valence-corrected chi connectivity index (χ3v) is 17.1. The van der Waals surface area contributed by atoms with Crippen LogP contribution >= 0.6 is 0 Å². The molecule has 0 radical (unpaired) electrons. The minimum atomic E-state index is -2.20. The Kier molecular flexibility index (Phi) is 9.12. The first-order valence-electron chi connectivity index (χ1n) is 13.2. The molecule has 0 aliphatic carbocycles. The Labute approximate surface area is 217 Å². The van der Waals surface area contributed by atoms with Crippen molar-refractivity contribution < 1.29 is 27.8 Å². The quantitative estimate of drug-likeness (QED) is 0.236. The van der Waals surface area contributed by atoms with Gasteiger partial charge >= 0.3 is 0 Å². The monoisotopic (exact) mass is 530 g/mol. The Morgan fingerprint density at radius 1 is 0.857 bits per heavy atom. The maximum Gasteiger partial charge on any atom is 0.192 e. The highest BCUT2D eigenvalue weighted by Crippen LogP contribution is 2.45. The molecule has 0 bridgehead atoms. The molecular weight excluding hydrogens is 476 g/mol. The fraction of sp³-hybridized carbons (Fsp3) is 0.926. The van der Waals surface area contributed by atoms with Crippen molar-refractivity contribution in [3.63, 3.8) is 0 Å². The predicted molar refractivity (Wildman–Crippen MR) is 148 cm³/mol. The molecular formula is C27H54O6Si2. The van der Waals surface area contributed by atoms with E-state index >= 15 is 0 Å². The standard InChI is InChI=1S/C27H54O6Si2/c1-16-17-19(32-34(12,13)24(2,3)4)22(33-35(14,15)25(5,6)7)23-21(30-27(10,11)31-23)20-18-28-26(8,9)29-20/h16,19-23H,1,17-18H2,2-15H3/t19-,20+,21+,22-,23-/m0/s1. The lowest BCUT2D eigenvalue weighted by Gasteiger charge is -2.47. The van der Waals surface area contributed by atoms with Gasteiger partial charge in [0.1, 0.15) is 18.3 Å². The average Bonchev–Trinajstić information content (AvgIpc) is 3.15. The second-order valence-electron chi connectivity index (χ2n) is 14.2. The summed E-state index contributed by atoms with van der Waals surface area (Å²) in [6, 6.07) is 0. The highest BCUT2D eigenvalue weighted by Gasteiger charge is 2.56. The molecule has 0 aromatic carbocycles. The van der Waals surface area contributed by atoms with Gasteiger partial charge in [0.2, 0.25) is 0 Å². The van der Waals surface area contributed by atoms with Crippen LogP contribution in [0.1, 0.15) is 75.7 Å². The molecule has 0 N–H and O–H groups in total. The third-order valence-electron chi connectivity index (χ3n) is 8.14. The van der Waals surface area contributed by atoms with Gasteiger partial charge in [-0.05, 0) is 70.4 Å². The highest BCUT2D eigenvalue weighted by molar-refractivity contribution is 6.74. The second kappa shape index (κ2) is 10.2. The second-order valence-corrected chi connectivity index (χ2v) is 23.7. The molecule has 5 atom stereocenters. The summed E-state index contributed by atoms with van der Waals surface area (Å²) in [6.45, 7) is 35.0. The van der Waals surface area contributed by atoms with Crippen LogP contribution in [0.2, 0.25) is 36.3 Å². The summed E-state index contributed by atoms with van der Waals surface area (Å²) in [5.74, 6) is -1.42. The average molecular weight is 531 g/mol. The lowest BCUT2D eigenvalue weighted by molar-refractivity contribution is -0.175. The molecule has 0 amide bonds. The van der Waals surface area contributed by atoms with Crippen molar-refractivity contribution in [2.45, 2.75) is 154 Å². The molecule has 35 heavy (non-hydrogen) atoms. The van der Waals surface area contributed by atoms with Gasteiger partial charge in [-0.15, -0.1) is 6.58 Å². The predicted octanol–water partition coefficient (Wildman–Crippen LogP) is 7.01. The van der Waals surface area contributed by atoms with E-state index in [1.54, 1.807) is 0 Å². The smallest absolute Gasteiger partial charge is 0.192 e. The van der Waals surface area contributed by atoms with Gasteiger partial charge in [0.15, 0.2) is 28.2 Å². The van der Waals surface area contributed by atoms with Crippen molar-refractivity contribution in [2.75, 3.05) is 6.61 Å². The van der Waals surface area contributed by atoms with Crippen LogP contribution in [0.15, 0.2) is 12.7 Å². The zero-order valence-electron chi connectivity index (χ0n) is 25.0. The number of hydrogen-bond acceptors (Lipinski definition) is 6. The van der Waals surface area contributed by atoms with Crippen molar-refractivity contribution in [1.29, 1.82) is 0 Å². The Morgan fingerprint density at radius 3 is 1.80 bits per heavy atom. The lowest BCUT2D eigenvalue weighted by atomic mass is 9.98. The van der Waals surface area contributed by atoms with Crippen LogP contribution < -0.4 is 0 Å². The van der Waals surface area contributed by atoms with E-state index in [0.29, 0.717) is 13.0 Å². The van der Waals surface area contributed by atoms with E-state index in [-0.39, 0.29) is 40.6 Å². The van der Waals surface area contributed by atoms with Crippen LogP contribution in [0.3, 0.4) is 0 Å². The Hall–Kier alpha value is -0.0662. The molecule has 2 aliphatic rings. The van der Waals surface area contributed by atoms with Crippen molar-refractivity contribution >= 4 is 16.6 Å². The third kappa shape index (κ3) is 7.50. The van der Waals surface area contributed by atoms with Gasteiger partial charge in [-0.3, -0.25) is 0 Å². The summed E-state index contributed by atoms with van der Waals surface area (Å²) < 4.78 is 39.5. The van der Waals surface area contributed by atoms with Crippen LogP contribution in [-0.2, 0) is 27.8 Å². The fourth-order valence-corrected chi connectivity index (χ4v) is 6.74. The van der Waals surface area contributed by atoms with Gasteiger partial charge in [0, 0.05) is 0 Å². The molecule has 0 unspecified atom stereocenters. The van der Waals surface area contributed by atoms with Crippen molar-refractivity contribution in [1.82, 2.24) is 0 Å². The van der Waals surface area contributed by atoms with E-state index in [0.717, 1.165) is 0 Å². The Morgan fingerprint density at radius 2 is 1.37 bits per heavy atom. The van der Waals surface area contributed by atoms with E-state index in [1.807, 2.05) is 33.8 Å². The number of rotatable bonds is 9. The van der Waals surface area contributed by atoms with Crippen LogP contribution in [0.5, 0.6) is 0 Å². The van der Waals surface area contributed by atoms with E-state index < -0.39 is 28.2 Å². The molecule has 206 valence electrons. The van der Waals surface area contributed by atoms with Gasteiger partial charge in [-0.1, -0.05) is 47.6 Å². The minimum Gasteiger partial charge on any atom is -0.411 e. The maximum absolute atomic E-state index is 7.18. The SMILES string of the molecule is C=CC[C@H](O[Si](C)(C)C(C)(C)C)[C@H](O[Si](C)(C)C(C)(C)C)[C@H]1OC(C)(C)O[C@@H]1[C@H]1COC(C)(C)O1. The van der Waals surface area contributed by atoms with Gasteiger partial charge < -0.3 is 27.8 Å². The Bertz CT molecular complexity index is 735. The summed E-state index contributed by atoms with van der Waals surface area (Å²) in [5, 5.41) is 0.0897. The lowest BCUT2D eigenvalue weighted by Crippen LogP contribution is -2.58. The van der Waals surface area contributed by atoms with Gasteiger partial charge in [0.25, 0.3) is 0 Å². The first kappa shape index (κ1) is 31.2. The largest absolute Gasteiger partial charge is 0.411 e. The molecule has 0 saturated carbocycles. The summed E-state index contributed by atoms with van der Waals surface area (Å²) in [5.41, 5.74) is 0. The van der Waals surface area contributed by atoms with E-state index in [2.05, 4.69) is 74.3 Å². The van der Waals surface area contributed by atoms with E-state index in [9.17, 15) is 0 Å². The maximum atomic E-state index is 7.18. The van der Waals surface area contributed by atoms with Crippen molar-refractivity contribution in [3.05, 3.63) is 12.7 Å². The Balaban J connectivity index is 2.54. The topological polar surface area (TPSA) is 55.4 Å². The number of ether oxygens (including phenoxy) is 4. The molecule has 8 heteroatoms. The molecule has 2 saturated heterocycles. The van der Waals surface area contributed by atoms with Gasteiger partial charge in [-0.25, -0.2) is 0 Å². The number of hydrogen-bond donors (Lipinski definition) is 0. The van der Waals surface area contributed by atoms with E-state index in [4.69, 9.17) is 27.8 Å². The summed E-state index contributed by atoms with van der Waals surface area (Å²) in [6.07, 6.45) is 1.12. The van der Waals surface area contributed by atoms with E-state index in [1.165, 1.54) is 0 Å². The summed E-state index contributed by atoms with van der Waals surface area (Å²) >= 11 is 0. The minimum absolute atomic E-state index is 0.0282. The molecule has 2 fully saturated rings. The molecule has 2 aliphatic heterocycles. The van der Waals surface area contributed by atoms with Crippen LogP contribution in [0.4, 0.5) is 0 Å². The highest BCUT2D eigenvalue weighted by atomic mass is 28.4. The normalized spacial score (nSPS) is 29.3. The van der Waals surface area contributed by atoms with Crippen molar-refractivity contribution in [2.24, 2.45) is 0 Å². The summed E-state index contributed by atoms with van der Waals surface area (Å²) in [7, 11) is -4.32. The first-order valence-corrected chi connectivity index (χ1v) is 19.0. The van der Waals surface area contributed by atoms with Crippen LogP contribution in [0.25, 0.3) is 0 Å². The van der Waals surface area contributed by atoms with Crippen LogP contribution in [0, 0.1) is 0 Å². The molecule has 0 aromatic heterocycles. The first-order chi connectivity index (χ1) is 15.5. The van der Waals surface area contributed by atoms with Crippen LogP contribution in [-0.4, -0.2) is 65.3 Å². The molecule has 6 nitrogen and oxygen atoms in total.